The molecule has 0 aliphatic carbocycles. The van der Waals surface area contributed by atoms with Gasteiger partial charge in [-0.3, -0.25) is 0 Å². The molecule has 0 aliphatic rings. The van der Waals surface area contributed by atoms with Crippen molar-refractivity contribution >= 4 is 0 Å². The topological polar surface area (TPSA) is 20.2 Å². The van der Waals surface area contributed by atoms with Crippen LogP contribution in [0.1, 0.15) is 11.5 Å². The molecule has 1 N–H and O–H groups in total. The molecule has 0 spiro atoms. The van der Waals surface area contributed by atoms with Gasteiger partial charge >= 0.3 is 12.4 Å². The minimum atomic E-state index is -5.52. The van der Waals surface area contributed by atoms with Crippen molar-refractivity contribution in [3.63, 3.8) is 0 Å². The Morgan fingerprint density at radius 2 is 1.56 bits per heavy atom. The maximum atomic E-state index is 12.2. The molecule has 1 aromatic carbocycles. The van der Waals surface area contributed by atoms with Crippen LogP contribution >= 0.6 is 0 Å². The Kier molecular flexibility index (Phi) is 3.07. The molecule has 1 nitrogen and oxygen atoms in total. The third-order valence-electron chi connectivity index (χ3n) is 1.81. The molecule has 0 heterocycles. The number of rotatable bonds is 1. The van der Waals surface area contributed by atoms with Crippen molar-refractivity contribution in [1.82, 2.24) is 0 Å². The van der Waals surface area contributed by atoms with Crippen LogP contribution < -0.4 is 0 Å². The third kappa shape index (κ3) is 2.59. The fourth-order valence-corrected chi connectivity index (χ4v) is 1.18. The van der Waals surface area contributed by atoms with E-state index in [9.17, 15) is 26.3 Å². The van der Waals surface area contributed by atoms with Crippen LogP contribution in [-0.4, -0.2) is 17.5 Å². The molecular formula is C9H5F6O. The summed E-state index contributed by atoms with van der Waals surface area (Å²) < 4.78 is 73.4. The molecule has 0 amide bonds. The highest BCUT2D eigenvalue weighted by molar-refractivity contribution is 5.35. The van der Waals surface area contributed by atoms with Gasteiger partial charge in [0.15, 0.2) is 5.92 Å². The van der Waals surface area contributed by atoms with Crippen LogP contribution in [0.2, 0.25) is 0 Å². The van der Waals surface area contributed by atoms with Crippen LogP contribution in [-0.2, 0) is 0 Å². The fourth-order valence-electron chi connectivity index (χ4n) is 1.18. The summed E-state index contributed by atoms with van der Waals surface area (Å²) >= 11 is 0. The number of aromatic hydroxyl groups is 1. The molecule has 0 saturated carbocycles. The maximum Gasteiger partial charge on any atom is 0.404 e. The van der Waals surface area contributed by atoms with E-state index >= 15 is 0 Å². The van der Waals surface area contributed by atoms with Crippen LogP contribution in [0.5, 0.6) is 5.75 Å². The Balaban J connectivity index is 3.29. The molecular weight excluding hydrogens is 238 g/mol. The lowest BCUT2D eigenvalue weighted by Crippen LogP contribution is -2.34. The minimum Gasteiger partial charge on any atom is -0.508 e. The molecule has 89 valence electrons. The third-order valence-corrected chi connectivity index (χ3v) is 1.81. The van der Waals surface area contributed by atoms with Gasteiger partial charge < -0.3 is 5.11 Å². The fraction of sp³-hybridized carbons (Fsp3) is 0.333. The van der Waals surface area contributed by atoms with E-state index in [1.165, 1.54) is 0 Å². The molecule has 0 bridgehead atoms. The molecule has 1 aromatic rings. The van der Waals surface area contributed by atoms with Crippen molar-refractivity contribution in [2.24, 2.45) is 0 Å². The molecule has 0 atom stereocenters. The van der Waals surface area contributed by atoms with Gasteiger partial charge in [0.1, 0.15) is 5.75 Å². The van der Waals surface area contributed by atoms with Gasteiger partial charge in [0, 0.05) is 5.56 Å². The molecule has 1 radical (unpaired) electrons. The van der Waals surface area contributed by atoms with Gasteiger partial charge in [-0.25, -0.2) is 0 Å². The SMILES string of the molecule is Oc1ccc[c]c1C(C(F)(F)F)C(F)(F)F. The van der Waals surface area contributed by atoms with Gasteiger partial charge in [0.2, 0.25) is 0 Å². The normalized spacial score (nSPS) is 13.2. The Morgan fingerprint density at radius 1 is 1.06 bits per heavy atom. The number of hydrogen-bond acceptors (Lipinski definition) is 1. The van der Waals surface area contributed by atoms with E-state index in [0.717, 1.165) is 18.2 Å². The molecule has 7 heteroatoms. The quantitative estimate of drug-likeness (QED) is 0.749. The molecule has 0 fully saturated rings. The number of hydrogen-bond donors (Lipinski definition) is 1. The van der Waals surface area contributed by atoms with Crippen molar-refractivity contribution in [3.8, 4) is 5.75 Å². The predicted octanol–water partition coefficient (Wildman–Crippen LogP) is 3.40. The number of halogens is 6. The number of alkyl halides is 6. The molecule has 16 heavy (non-hydrogen) atoms. The second-order valence-corrected chi connectivity index (χ2v) is 2.99. The summed E-state index contributed by atoms with van der Waals surface area (Å²) in [5.74, 6) is -4.80. The highest BCUT2D eigenvalue weighted by Crippen LogP contribution is 2.48. The van der Waals surface area contributed by atoms with E-state index in [1.807, 2.05) is 0 Å². The lowest BCUT2D eigenvalue weighted by atomic mass is 9.97. The summed E-state index contributed by atoms with van der Waals surface area (Å²) in [6.07, 6.45) is -11.0. The van der Waals surface area contributed by atoms with E-state index in [-0.39, 0.29) is 0 Å². The van der Waals surface area contributed by atoms with Crippen molar-refractivity contribution < 1.29 is 31.4 Å². The zero-order chi connectivity index (χ0) is 12.6. The zero-order valence-corrected chi connectivity index (χ0v) is 7.52. The van der Waals surface area contributed by atoms with E-state index in [2.05, 4.69) is 0 Å². The number of phenolic OH excluding ortho intramolecular Hbond substituents is 1. The average molecular weight is 243 g/mol. The lowest BCUT2D eigenvalue weighted by Gasteiger charge is -2.23. The Hall–Kier alpha value is -1.40. The highest BCUT2D eigenvalue weighted by atomic mass is 19.4. The summed E-state index contributed by atoms with van der Waals surface area (Å²) in [6, 6.07) is 4.47. The molecule has 0 saturated heterocycles. The molecule has 0 unspecified atom stereocenters. The summed E-state index contributed by atoms with van der Waals surface area (Å²) in [7, 11) is 0. The first-order valence-corrected chi connectivity index (χ1v) is 3.97. The average Bonchev–Trinajstić information content (AvgIpc) is 2.03. The summed E-state index contributed by atoms with van der Waals surface area (Å²) in [5.41, 5.74) is -1.32. The molecule has 0 aromatic heterocycles. The second-order valence-electron chi connectivity index (χ2n) is 2.99. The van der Waals surface area contributed by atoms with Crippen molar-refractivity contribution in [2.75, 3.05) is 0 Å². The van der Waals surface area contributed by atoms with Gasteiger partial charge in [-0.15, -0.1) is 0 Å². The second kappa shape index (κ2) is 3.88. The van der Waals surface area contributed by atoms with Gasteiger partial charge in [0.25, 0.3) is 0 Å². The molecule has 1 rings (SSSR count). The first-order chi connectivity index (χ1) is 7.14. The first-order valence-electron chi connectivity index (χ1n) is 3.97. The van der Waals surface area contributed by atoms with Gasteiger partial charge in [-0.1, -0.05) is 12.1 Å². The number of benzene rings is 1. The summed E-state index contributed by atoms with van der Waals surface area (Å²) in [5, 5.41) is 8.98. The Morgan fingerprint density at radius 3 is 1.94 bits per heavy atom. The van der Waals surface area contributed by atoms with E-state index in [1.54, 1.807) is 6.07 Å². The Bertz CT molecular complexity index is 353. The Labute approximate surface area is 86.3 Å². The smallest absolute Gasteiger partial charge is 0.404 e. The van der Waals surface area contributed by atoms with Crippen LogP contribution in [0.25, 0.3) is 0 Å². The molecule has 0 aliphatic heterocycles. The summed E-state index contributed by atoms with van der Waals surface area (Å²) in [6.45, 7) is 0. The summed E-state index contributed by atoms with van der Waals surface area (Å²) in [4.78, 5) is 0. The maximum absolute atomic E-state index is 12.2. The van der Waals surface area contributed by atoms with E-state index in [4.69, 9.17) is 5.11 Å². The minimum absolute atomic E-state index is 0.746. The van der Waals surface area contributed by atoms with Gasteiger partial charge in [-0.2, -0.15) is 26.3 Å². The van der Waals surface area contributed by atoms with Gasteiger partial charge in [0.05, 0.1) is 0 Å². The lowest BCUT2D eigenvalue weighted by molar-refractivity contribution is -0.253. The first kappa shape index (κ1) is 12.7. The van der Waals surface area contributed by atoms with Crippen LogP contribution in [0.15, 0.2) is 18.2 Å². The monoisotopic (exact) mass is 243 g/mol. The van der Waals surface area contributed by atoms with E-state index in [0.29, 0.717) is 0 Å². The van der Waals surface area contributed by atoms with Gasteiger partial charge in [-0.05, 0) is 12.1 Å². The van der Waals surface area contributed by atoms with Crippen molar-refractivity contribution in [1.29, 1.82) is 0 Å². The van der Waals surface area contributed by atoms with Crippen molar-refractivity contribution in [2.45, 2.75) is 18.3 Å². The highest BCUT2D eigenvalue weighted by Gasteiger charge is 2.58. The predicted molar refractivity (Wildman–Crippen MR) is 41.8 cm³/mol. The van der Waals surface area contributed by atoms with Crippen LogP contribution in [0.3, 0.4) is 0 Å². The zero-order valence-electron chi connectivity index (χ0n) is 7.52. The largest absolute Gasteiger partial charge is 0.508 e. The standard InChI is InChI=1S/C9H5F6O/c10-8(11,12)7(9(13,14)15)5-3-1-2-4-6(5)16/h1-2,4,7,16H. The number of phenols is 1. The van der Waals surface area contributed by atoms with E-state index < -0.39 is 29.6 Å². The van der Waals surface area contributed by atoms with Crippen molar-refractivity contribution in [3.05, 3.63) is 29.8 Å². The van der Waals surface area contributed by atoms with Crippen LogP contribution in [0, 0.1) is 6.07 Å². The van der Waals surface area contributed by atoms with Crippen LogP contribution in [0.4, 0.5) is 26.3 Å².